The van der Waals surface area contributed by atoms with Crippen LogP contribution in [0.1, 0.15) is 5.56 Å². The van der Waals surface area contributed by atoms with E-state index in [-0.39, 0.29) is 18.2 Å². The molecule has 0 aliphatic heterocycles. The van der Waals surface area contributed by atoms with Crippen LogP contribution in [0.3, 0.4) is 0 Å². The topological polar surface area (TPSA) is 9.23 Å². The third-order valence-corrected chi connectivity index (χ3v) is 1.69. The number of benzene rings is 1. The maximum absolute atomic E-state index is 13.0. The van der Waals surface area contributed by atoms with Crippen molar-refractivity contribution in [2.24, 2.45) is 0 Å². The smallest absolute Gasteiger partial charge is 0.165 e. The lowest BCUT2D eigenvalue weighted by atomic mass is 10.2. The molecule has 0 bridgehead atoms. The molecule has 0 spiro atoms. The summed E-state index contributed by atoms with van der Waals surface area (Å²) in [6, 6.07) is 4.73. The number of hydrogen-bond acceptors (Lipinski definition) is 1. The minimum Gasteiger partial charge on any atom is -0.486 e. The van der Waals surface area contributed by atoms with Gasteiger partial charge in [-0.2, -0.15) is 0 Å². The van der Waals surface area contributed by atoms with Crippen molar-refractivity contribution in [1.29, 1.82) is 0 Å². The predicted molar refractivity (Wildman–Crippen MR) is 51.6 cm³/mol. The molecular formula is C10H10ClFO. The Morgan fingerprint density at radius 2 is 2.31 bits per heavy atom. The van der Waals surface area contributed by atoms with E-state index in [9.17, 15) is 4.39 Å². The number of rotatable bonds is 3. The first-order valence-electron chi connectivity index (χ1n) is 3.88. The molecule has 1 aromatic rings. The fraction of sp³-hybridized carbons (Fsp3) is 0.200. The first kappa shape index (κ1) is 10.1. The molecule has 0 aliphatic rings. The zero-order valence-electron chi connectivity index (χ0n) is 7.26. The summed E-state index contributed by atoms with van der Waals surface area (Å²) in [5, 5.41) is 0. The third kappa shape index (κ3) is 3.07. The molecular weight excluding hydrogens is 191 g/mol. The Labute approximate surface area is 81.8 Å². The molecule has 0 atom stereocenters. The van der Waals surface area contributed by atoms with Gasteiger partial charge >= 0.3 is 0 Å². The van der Waals surface area contributed by atoms with Crippen molar-refractivity contribution >= 4 is 11.6 Å². The molecule has 0 fully saturated rings. The van der Waals surface area contributed by atoms with Crippen LogP contribution in [0.2, 0.25) is 0 Å². The monoisotopic (exact) mass is 200 g/mol. The molecule has 0 N–H and O–H groups in total. The van der Waals surface area contributed by atoms with E-state index in [0.717, 1.165) is 5.56 Å². The molecule has 13 heavy (non-hydrogen) atoms. The maximum atomic E-state index is 13.0. The van der Waals surface area contributed by atoms with Gasteiger partial charge in [-0.3, -0.25) is 0 Å². The van der Waals surface area contributed by atoms with Gasteiger partial charge in [0.15, 0.2) is 11.6 Å². The Balaban J connectivity index is 2.69. The van der Waals surface area contributed by atoms with Crippen molar-refractivity contribution in [1.82, 2.24) is 0 Å². The minimum atomic E-state index is -0.353. The number of aryl methyl sites for hydroxylation is 1. The van der Waals surface area contributed by atoms with Gasteiger partial charge < -0.3 is 4.74 Å². The van der Waals surface area contributed by atoms with E-state index in [2.05, 4.69) is 0 Å². The highest BCUT2D eigenvalue weighted by Gasteiger charge is 2.01. The van der Waals surface area contributed by atoms with Crippen LogP contribution in [-0.2, 0) is 0 Å². The molecule has 3 heteroatoms. The van der Waals surface area contributed by atoms with E-state index in [0.29, 0.717) is 0 Å². The van der Waals surface area contributed by atoms with Crippen LogP contribution in [0.25, 0.3) is 0 Å². The molecule has 0 radical (unpaired) electrons. The molecule has 0 aliphatic carbocycles. The van der Waals surface area contributed by atoms with Crippen molar-refractivity contribution in [2.45, 2.75) is 6.92 Å². The van der Waals surface area contributed by atoms with Crippen LogP contribution in [-0.4, -0.2) is 6.61 Å². The Kier molecular flexibility index (Phi) is 3.77. The zero-order chi connectivity index (χ0) is 9.68. The zero-order valence-corrected chi connectivity index (χ0v) is 8.01. The quantitative estimate of drug-likeness (QED) is 0.728. The first-order valence-corrected chi connectivity index (χ1v) is 4.32. The Bertz CT molecular complexity index is 310. The minimum absolute atomic E-state index is 0.259. The van der Waals surface area contributed by atoms with E-state index in [4.69, 9.17) is 16.3 Å². The van der Waals surface area contributed by atoms with Gasteiger partial charge in [0.05, 0.1) is 0 Å². The van der Waals surface area contributed by atoms with E-state index in [1.165, 1.54) is 11.6 Å². The summed E-state index contributed by atoms with van der Waals surface area (Å²) in [6.07, 6.45) is 1.60. The summed E-state index contributed by atoms with van der Waals surface area (Å²) >= 11 is 5.28. The van der Waals surface area contributed by atoms with Crippen LogP contribution in [0.5, 0.6) is 5.75 Å². The Hall–Kier alpha value is -1.02. The lowest BCUT2D eigenvalue weighted by molar-refractivity contribution is 0.341. The second kappa shape index (κ2) is 4.87. The van der Waals surface area contributed by atoms with Crippen molar-refractivity contribution in [2.75, 3.05) is 6.61 Å². The van der Waals surface area contributed by atoms with Gasteiger partial charge in [0.2, 0.25) is 0 Å². The second-order valence-electron chi connectivity index (χ2n) is 2.61. The van der Waals surface area contributed by atoms with Gasteiger partial charge in [-0.1, -0.05) is 17.7 Å². The molecule has 0 unspecified atom stereocenters. The highest BCUT2D eigenvalue weighted by Crippen LogP contribution is 2.18. The lowest BCUT2D eigenvalue weighted by Crippen LogP contribution is -1.95. The number of hydrogen-bond donors (Lipinski definition) is 0. The molecule has 0 saturated heterocycles. The highest BCUT2D eigenvalue weighted by atomic mass is 35.5. The van der Waals surface area contributed by atoms with Crippen LogP contribution in [0.4, 0.5) is 4.39 Å². The van der Waals surface area contributed by atoms with Crippen LogP contribution >= 0.6 is 11.6 Å². The summed E-state index contributed by atoms with van der Waals surface area (Å²) in [7, 11) is 0. The van der Waals surface area contributed by atoms with E-state index in [1.807, 2.05) is 6.92 Å². The summed E-state index contributed by atoms with van der Waals surface area (Å²) in [5.41, 5.74) is 2.31. The predicted octanol–water partition coefficient (Wildman–Crippen LogP) is 3.27. The van der Waals surface area contributed by atoms with E-state index < -0.39 is 0 Å². The fourth-order valence-corrected chi connectivity index (χ4v) is 0.968. The van der Waals surface area contributed by atoms with Crippen LogP contribution in [0, 0.1) is 12.7 Å². The first-order chi connectivity index (χ1) is 6.24. The maximum Gasteiger partial charge on any atom is 0.165 e. The van der Waals surface area contributed by atoms with Gasteiger partial charge in [-0.25, -0.2) is 4.39 Å². The number of halogens is 2. The molecule has 0 amide bonds. The standard InChI is InChI=1S/C10H10ClFO/c1-8-3-4-9(12)10(7-8)13-6-2-5-11/h2-5,7H,6H2,1H3/b5-2+. The van der Waals surface area contributed by atoms with Gasteiger partial charge in [0.1, 0.15) is 6.61 Å². The summed E-state index contributed by atoms with van der Waals surface area (Å²) in [5.74, 6) is -0.0941. The average molecular weight is 201 g/mol. The molecule has 0 aromatic heterocycles. The normalized spacial score (nSPS) is 10.7. The number of ether oxygens (including phenoxy) is 1. The average Bonchev–Trinajstić information content (AvgIpc) is 2.11. The molecule has 1 nitrogen and oxygen atoms in total. The highest BCUT2D eigenvalue weighted by molar-refractivity contribution is 6.25. The van der Waals surface area contributed by atoms with Crippen molar-refractivity contribution in [3.8, 4) is 5.75 Å². The summed E-state index contributed by atoms with van der Waals surface area (Å²) in [6.45, 7) is 2.16. The van der Waals surface area contributed by atoms with Gasteiger partial charge in [0.25, 0.3) is 0 Å². The fourth-order valence-electron chi connectivity index (χ4n) is 0.895. The lowest BCUT2D eigenvalue weighted by Gasteiger charge is -2.04. The Morgan fingerprint density at radius 1 is 1.54 bits per heavy atom. The SMILES string of the molecule is Cc1ccc(F)c(OC/C=C/Cl)c1. The van der Waals surface area contributed by atoms with Gasteiger partial charge in [0, 0.05) is 5.54 Å². The molecule has 0 heterocycles. The van der Waals surface area contributed by atoms with Gasteiger partial charge in [-0.05, 0) is 30.7 Å². The van der Waals surface area contributed by atoms with Crippen LogP contribution in [0.15, 0.2) is 29.8 Å². The van der Waals surface area contributed by atoms with Crippen LogP contribution < -0.4 is 4.74 Å². The Morgan fingerprint density at radius 3 is 3.00 bits per heavy atom. The van der Waals surface area contributed by atoms with Crippen molar-refractivity contribution < 1.29 is 9.13 Å². The van der Waals surface area contributed by atoms with E-state index in [1.54, 1.807) is 18.2 Å². The van der Waals surface area contributed by atoms with Gasteiger partial charge in [-0.15, -0.1) is 0 Å². The van der Waals surface area contributed by atoms with E-state index >= 15 is 0 Å². The summed E-state index contributed by atoms with van der Waals surface area (Å²) in [4.78, 5) is 0. The van der Waals surface area contributed by atoms with Crippen molar-refractivity contribution in [3.63, 3.8) is 0 Å². The largest absolute Gasteiger partial charge is 0.486 e. The molecule has 1 aromatic carbocycles. The van der Waals surface area contributed by atoms with Crippen molar-refractivity contribution in [3.05, 3.63) is 41.2 Å². The summed E-state index contributed by atoms with van der Waals surface area (Å²) < 4.78 is 18.1. The molecule has 70 valence electrons. The molecule has 1 rings (SSSR count). The third-order valence-electron chi connectivity index (χ3n) is 1.51. The molecule has 0 saturated carbocycles. The second-order valence-corrected chi connectivity index (χ2v) is 2.86.